The minimum absolute atomic E-state index is 0.452. The van der Waals surface area contributed by atoms with Crippen molar-refractivity contribution >= 4 is 5.97 Å². The first-order valence-corrected chi connectivity index (χ1v) is 6.57. The highest BCUT2D eigenvalue weighted by atomic mass is 16.4. The molecule has 0 aromatic heterocycles. The molecule has 4 heteroatoms. The van der Waals surface area contributed by atoms with Gasteiger partial charge in [0.15, 0.2) is 0 Å². The number of aliphatic carboxylic acids is 1. The molecule has 100 valence electrons. The summed E-state index contributed by atoms with van der Waals surface area (Å²) in [6, 6.07) is 0. The Bertz CT molecular complexity index is 264. The van der Waals surface area contributed by atoms with Crippen LogP contribution in [0.25, 0.3) is 0 Å². The summed E-state index contributed by atoms with van der Waals surface area (Å²) < 4.78 is 0. The van der Waals surface area contributed by atoms with Crippen LogP contribution in [0, 0.1) is 11.8 Å². The molecule has 1 aliphatic rings. The Hall–Kier alpha value is -0.610. The van der Waals surface area contributed by atoms with Crippen molar-refractivity contribution in [1.29, 1.82) is 0 Å². The van der Waals surface area contributed by atoms with Crippen molar-refractivity contribution in [3.8, 4) is 0 Å². The van der Waals surface area contributed by atoms with Crippen LogP contribution in [0.3, 0.4) is 0 Å². The van der Waals surface area contributed by atoms with Gasteiger partial charge in [0.2, 0.25) is 0 Å². The summed E-state index contributed by atoms with van der Waals surface area (Å²) in [7, 11) is 0. The second-order valence-corrected chi connectivity index (χ2v) is 5.93. The number of hydrogen-bond donors (Lipinski definition) is 2. The molecule has 0 aliphatic carbocycles. The molecule has 1 fully saturated rings. The van der Waals surface area contributed by atoms with Crippen molar-refractivity contribution < 1.29 is 9.90 Å². The number of likely N-dealkylation sites (tertiary alicyclic amines) is 1. The predicted molar refractivity (Wildman–Crippen MR) is 68.8 cm³/mol. The number of nitrogens with zero attached hydrogens (tertiary/aromatic N) is 1. The van der Waals surface area contributed by atoms with Crippen LogP contribution in [0.5, 0.6) is 0 Å². The molecule has 17 heavy (non-hydrogen) atoms. The highest BCUT2D eigenvalue weighted by Crippen LogP contribution is 2.24. The largest absolute Gasteiger partial charge is 0.480 e. The van der Waals surface area contributed by atoms with Crippen LogP contribution in [-0.4, -0.2) is 41.1 Å². The lowest BCUT2D eigenvalue weighted by molar-refractivity contribution is -0.143. The summed E-state index contributed by atoms with van der Waals surface area (Å²) in [6.45, 7) is 8.54. The van der Waals surface area contributed by atoms with Gasteiger partial charge in [0, 0.05) is 6.54 Å². The zero-order valence-corrected chi connectivity index (χ0v) is 11.3. The van der Waals surface area contributed by atoms with E-state index in [9.17, 15) is 4.79 Å². The van der Waals surface area contributed by atoms with Crippen molar-refractivity contribution in [2.24, 2.45) is 17.6 Å². The van der Waals surface area contributed by atoms with Gasteiger partial charge in [-0.2, -0.15) is 0 Å². The number of rotatable bonds is 4. The fourth-order valence-electron chi connectivity index (χ4n) is 2.54. The van der Waals surface area contributed by atoms with Crippen LogP contribution in [-0.2, 0) is 4.79 Å². The summed E-state index contributed by atoms with van der Waals surface area (Å²) in [6.07, 6.45) is 3.56. The number of carboxylic acids is 1. The molecule has 1 heterocycles. The quantitative estimate of drug-likeness (QED) is 0.785. The van der Waals surface area contributed by atoms with Crippen LogP contribution < -0.4 is 5.73 Å². The van der Waals surface area contributed by atoms with Crippen molar-refractivity contribution in [3.63, 3.8) is 0 Å². The van der Waals surface area contributed by atoms with Gasteiger partial charge in [-0.15, -0.1) is 0 Å². The summed E-state index contributed by atoms with van der Waals surface area (Å²) in [5.74, 6) is 0.578. The maximum absolute atomic E-state index is 11.0. The second-order valence-electron chi connectivity index (χ2n) is 5.93. The molecule has 2 atom stereocenters. The van der Waals surface area contributed by atoms with E-state index in [1.165, 1.54) is 6.42 Å². The summed E-state index contributed by atoms with van der Waals surface area (Å²) >= 11 is 0. The fourth-order valence-corrected chi connectivity index (χ4v) is 2.54. The Morgan fingerprint density at radius 3 is 2.65 bits per heavy atom. The van der Waals surface area contributed by atoms with Gasteiger partial charge in [0.1, 0.15) is 5.54 Å². The number of nitrogens with two attached hydrogens (primary N) is 1. The Morgan fingerprint density at radius 1 is 1.47 bits per heavy atom. The third-order valence-corrected chi connectivity index (χ3v) is 3.85. The molecule has 1 rings (SSSR count). The summed E-state index contributed by atoms with van der Waals surface area (Å²) in [5, 5.41) is 9.03. The van der Waals surface area contributed by atoms with Crippen LogP contribution in [0.15, 0.2) is 0 Å². The number of carbonyl (C=O) groups is 1. The predicted octanol–water partition coefficient (Wildman–Crippen LogP) is 1.55. The smallest absolute Gasteiger partial charge is 0.324 e. The minimum atomic E-state index is -1.13. The average molecular weight is 242 g/mol. The van der Waals surface area contributed by atoms with Crippen LogP contribution in [0.4, 0.5) is 0 Å². The topological polar surface area (TPSA) is 66.6 Å². The molecule has 3 N–H and O–H groups in total. The van der Waals surface area contributed by atoms with E-state index in [4.69, 9.17) is 10.8 Å². The molecule has 4 nitrogen and oxygen atoms in total. The maximum atomic E-state index is 11.0. The van der Waals surface area contributed by atoms with E-state index in [-0.39, 0.29) is 0 Å². The first-order valence-electron chi connectivity index (χ1n) is 6.57. The molecule has 1 saturated heterocycles. The Morgan fingerprint density at radius 2 is 2.12 bits per heavy atom. The highest BCUT2D eigenvalue weighted by Gasteiger charge is 2.31. The van der Waals surface area contributed by atoms with Gasteiger partial charge in [-0.25, -0.2) is 0 Å². The van der Waals surface area contributed by atoms with E-state index < -0.39 is 11.5 Å². The van der Waals surface area contributed by atoms with Gasteiger partial charge in [0.25, 0.3) is 0 Å². The summed E-state index contributed by atoms with van der Waals surface area (Å²) in [4.78, 5) is 13.2. The van der Waals surface area contributed by atoms with Gasteiger partial charge >= 0.3 is 5.97 Å². The van der Waals surface area contributed by atoms with Crippen LogP contribution in [0.1, 0.15) is 40.0 Å². The second kappa shape index (κ2) is 5.83. The van der Waals surface area contributed by atoms with Crippen molar-refractivity contribution in [2.45, 2.75) is 45.6 Å². The molecular formula is C13H26N2O2. The van der Waals surface area contributed by atoms with E-state index in [1.54, 1.807) is 6.92 Å². The fraction of sp³-hybridized carbons (Fsp3) is 0.923. The standard InChI is InChI=1S/C13H26N2O2/c1-10(2)11-5-4-7-15(8-6-11)9-13(3,14)12(16)17/h10-11H,4-9,14H2,1-3H3,(H,16,17). The lowest BCUT2D eigenvalue weighted by atomic mass is 9.89. The molecule has 0 saturated carbocycles. The van der Waals surface area contributed by atoms with Gasteiger partial charge in [-0.3, -0.25) is 4.79 Å². The Kier molecular flexibility index (Phi) is 4.95. The SMILES string of the molecule is CC(C)C1CCCN(CC(C)(N)C(=O)O)CC1. The molecular weight excluding hydrogens is 216 g/mol. The lowest BCUT2D eigenvalue weighted by Crippen LogP contribution is -2.54. The third-order valence-electron chi connectivity index (χ3n) is 3.85. The molecule has 0 aromatic carbocycles. The maximum Gasteiger partial charge on any atom is 0.324 e. The Balaban J connectivity index is 2.49. The van der Waals surface area contributed by atoms with E-state index in [2.05, 4.69) is 18.7 Å². The molecule has 0 amide bonds. The van der Waals surface area contributed by atoms with E-state index >= 15 is 0 Å². The molecule has 2 unspecified atom stereocenters. The van der Waals surface area contributed by atoms with Gasteiger partial charge < -0.3 is 15.7 Å². The lowest BCUT2D eigenvalue weighted by Gasteiger charge is -2.28. The van der Waals surface area contributed by atoms with Gasteiger partial charge in [-0.1, -0.05) is 13.8 Å². The monoisotopic (exact) mass is 242 g/mol. The molecule has 0 bridgehead atoms. The van der Waals surface area contributed by atoms with E-state index in [1.807, 2.05) is 0 Å². The van der Waals surface area contributed by atoms with Gasteiger partial charge in [-0.05, 0) is 51.1 Å². The molecule has 0 aromatic rings. The number of hydrogen-bond acceptors (Lipinski definition) is 3. The summed E-state index contributed by atoms with van der Waals surface area (Å²) in [5.41, 5.74) is 4.67. The van der Waals surface area contributed by atoms with Crippen molar-refractivity contribution in [1.82, 2.24) is 4.90 Å². The molecule has 1 aliphatic heterocycles. The van der Waals surface area contributed by atoms with Crippen LogP contribution >= 0.6 is 0 Å². The van der Waals surface area contributed by atoms with E-state index in [0.717, 1.165) is 37.8 Å². The number of carboxylic acid groups (broad SMARTS) is 1. The molecule has 0 spiro atoms. The van der Waals surface area contributed by atoms with E-state index in [0.29, 0.717) is 6.54 Å². The first-order chi connectivity index (χ1) is 7.83. The third kappa shape index (κ3) is 4.28. The van der Waals surface area contributed by atoms with Crippen molar-refractivity contribution in [3.05, 3.63) is 0 Å². The normalized spacial score (nSPS) is 26.5. The zero-order valence-electron chi connectivity index (χ0n) is 11.3. The first kappa shape index (κ1) is 14.5. The Labute approximate surface area is 104 Å². The zero-order chi connectivity index (χ0) is 13.1. The highest BCUT2D eigenvalue weighted by molar-refractivity contribution is 5.78. The van der Waals surface area contributed by atoms with Crippen LogP contribution in [0.2, 0.25) is 0 Å². The minimum Gasteiger partial charge on any atom is -0.480 e. The average Bonchev–Trinajstić information content (AvgIpc) is 2.42. The molecule has 0 radical (unpaired) electrons. The van der Waals surface area contributed by atoms with Gasteiger partial charge in [0.05, 0.1) is 0 Å². The van der Waals surface area contributed by atoms with Crippen molar-refractivity contribution in [2.75, 3.05) is 19.6 Å².